The minimum atomic E-state index is -1.89. The van der Waals surface area contributed by atoms with Gasteiger partial charge in [-0.25, -0.2) is 13.2 Å². The van der Waals surface area contributed by atoms with Crippen molar-refractivity contribution in [2.45, 2.75) is 19.2 Å². The van der Waals surface area contributed by atoms with Crippen LogP contribution in [0.3, 0.4) is 0 Å². The van der Waals surface area contributed by atoms with Crippen LogP contribution in [0, 0.1) is 12.7 Å². The highest BCUT2D eigenvalue weighted by atomic mass is 19.2. The minimum Gasteiger partial charge on any atom is -0.483 e. The molecule has 6 heteroatoms. The summed E-state index contributed by atoms with van der Waals surface area (Å²) >= 11 is 0. The zero-order chi connectivity index (χ0) is 14.0. The first-order chi connectivity index (χ1) is 9.02. The summed E-state index contributed by atoms with van der Waals surface area (Å²) in [6.45, 7) is 1.62. The van der Waals surface area contributed by atoms with Crippen LogP contribution >= 0.6 is 0 Å². The molecular weight excluding hydrogens is 257 g/mol. The van der Waals surface area contributed by atoms with E-state index in [-0.39, 0.29) is 11.4 Å². The molecule has 1 aliphatic carbocycles. The number of rotatable bonds is 3. The molecule has 0 fully saturated rings. The first-order valence-corrected chi connectivity index (χ1v) is 5.64. The molecule has 0 aliphatic heterocycles. The van der Waals surface area contributed by atoms with E-state index in [0.29, 0.717) is 5.56 Å². The SMILES string of the molecule is Cc1cc(OC2C=CC=C(F)C2F)cc(F)c1NN. The third-order valence-corrected chi connectivity index (χ3v) is 2.79. The summed E-state index contributed by atoms with van der Waals surface area (Å²) in [5.74, 6) is 3.75. The Kier molecular flexibility index (Phi) is 3.80. The monoisotopic (exact) mass is 270 g/mol. The molecule has 0 aromatic heterocycles. The topological polar surface area (TPSA) is 47.3 Å². The standard InChI is InChI=1S/C13H13F3N2O/c1-7-5-8(6-10(15)13(7)18-17)19-11-4-2-3-9(14)12(11)16/h2-6,11-12,18H,17H2,1H3. The third kappa shape index (κ3) is 2.73. The Morgan fingerprint density at radius 2 is 2.05 bits per heavy atom. The Morgan fingerprint density at radius 1 is 1.32 bits per heavy atom. The van der Waals surface area contributed by atoms with Crippen LogP contribution in [0.4, 0.5) is 18.9 Å². The Bertz CT molecular complexity index is 520. The number of hydrogen-bond donors (Lipinski definition) is 2. The number of nitrogens with two attached hydrogens (primary N) is 1. The zero-order valence-electron chi connectivity index (χ0n) is 10.2. The van der Waals surface area contributed by atoms with E-state index in [0.717, 1.165) is 12.1 Å². The quantitative estimate of drug-likeness (QED) is 0.655. The number of anilines is 1. The van der Waals surface area contributed by atoms with Crippen molar-refractivity contribution in [1.29, 1.82) is 0 Å². The molecule has 2 unspecified atom stereocenters. The van der Waals surface area contributed by atoms with Crippen LogP contribution < -0.4 is 16.0 Å². The van der Waals surface area contributed by atoms with Crippen molar-refractivity contribution in [3.8, 4) is 5.75 Å². The molecule has 19 heavy (non-hydrogen) atoms. The van der Waals surface area contributed by atoms with Gasteiger partial charge >= 0.3 is 0 Å². The molecule has 0 saturated heterocycles. The molecule has 0 heterocycles. The van der Waals surface area contributed by atoms with Gasteiger partial charge in [0.15, 0.2) is 18.1 Å². The molecule has 1 aliphatic rings. The molecule has 0 spiro atoms. The predicted octanol–water partition coefficient (Wildman–Crippen LogP) is 2.93. The number of nitrogens with one attached hydrogen (secondary N) is 1. The molecule has 1 aromatic carbocycles. The van der Waals surface area contributed by atoms with Gasteiger partial charge in [-0.2, -0.15) is 0 Å². The Balaban J connectivity index is 2.21. The largest absolute Gasteiger partial charge is 0.483 e. The number of hydrazine groups is 1. The van der Waals surface area contributed by atoms with Crippen molar-refractivity contribution < 1.29 is 17.9 Å². The third-order valence-electron chi connectivity index (χ3n) is 2.79. The van der Waals surface area contributed by atoms with E-state index in [1.807, 2.05) is 0 Å². The van der Waals surface area contributed by atoms with Gasteiger partial charge in [0.1, 0.15) is 11.6 Å². The van der Waals surface area contributed by atoms with Crippen LogP contribution in [0.2, 0.25) is 0 Å². The average Bonchev–Trinajstić information content (AvgIpc) is 2.35. The van der Waals surface area contributed by atoms with E-state index in [2.05, 4.69) is 5.43 Å². The Labute approximate surface area is 108 Å². The van der Waals surface area contributed by atoms with E-state index < -0.39 is 23.9 Å². The molecule has 102 valence electrons. The lowest BCUT2D eigenvalue weighted by Gasteiger charge is -2.21. The van der Waals surface area contributed by atoms with E-state index in [1.165, 1.54) is 18.2 Å². The van der Waals surface area contributed by atoms with Crippen molar-refractivity contribution >= 4 is 5.69 Å². The molecule has 0 radical (unpaired) electrons. The Hall–Kier alpha value is -1.95. The fourth-order valence-corrected chi connectivity index (χ4v) is 1.82. The van der Waals surface area contributed by atoms with Crippen LogP contribution in [0.25, 0.3) is 0 Å². The first-order valence-electron chi connectivity index (χ1n) is 5.64. The van der Waals surface area contributed by atoms with Crippen molar-refractivity contribution in [2.24, 2.45) is 5.84 Å². The number of ether oxygens (including phenoxy) is 1. The zero-order valence-corrected chi connectivity index (χ0v) is 10.2. The predicted molar refractivity (Wildman–Crippen MR) is 66.6 cm³/mol. The van der Waals surface area contributed by atoms with Crippen LogP contribution in [0.5, 0.6) is 5.75 Å². The van der Waals surface area contributed by atoms with Gasteiger partial charge in [0.05, 0.1) is 5.69 Å². The minimum absolute atomic E-state index is 0.112. The van der Waals surface area contributed by atoms with Gasteiger partial charge in [0.2, 0.25) is 0 Å². The van der Waals surface area contributed by atoms with Crippen LogP contribution in [0.1, 0.15) is 5.56 Å². The highest BCUT2D eigenvalue weighted by Crippen LogP contribution is 2.28. The van der Waals surface area contributed by atoms with Crippen LogP contribution in [0.15, 0.2) is 36.2 Å². The van der Waals surface area contributed by atoms with E-state index >= 15 is 0 Å². The van der Waals surface area contributed by atoms with Gasteiger partial charge in [-0.05, 0) is 30.7 Å². The van der Waals surface area contributed by atoms with Crippen molar-refractivity contribution in [3.63, 3.8) is 0 Å². The lowest BCUT2D eigenvalue weighted by Crippen LogP contribution is -2.28. The number of halogens is 3. The van der Waals surface area contributed by atoms with Gasteiger partial charge in [-0.15, -0.1) is 0 Å². The second-order valence-corrected chi connectivity index (χ2v) is 4.16. The first kappa shape index (κ1) is 13.5. The van der Waals surface area contributed by atoms with Crippen molar-refractivity contribution in [3.05, 3.63) is 47.6 Å². The number of hydrogen-bond acceptors (Lipinski definition) is 3. The maximum atomic E-state index is 13.6. The van der Waals surface area contributed by atoms with E-state index in [4.69, 9.17) is 10.6 Å². The molecule has 0 amide bonds. The van der Waals surface area contributed by atoms with Crippen LogP contribution in [-0.4, -0.2) is 12.3 Å². The highest BCUT2D eigenvalue weighted by molar-refractivity contribution is 5.54. The highest BCUT2D eigenvalue weighted by Gasteiger charge is 2.27. The average molecular weight is 270 g/mol. The molecule has 0 bridgehead atoms. The lowest BCUT2D eigenvalue weighted by atomic mass is 10.1. The maximum Gasteiger partial charge on any atom is 0.191 e. The van der Waals surface area contributed by atoms with E-state index in [1.54, 1.807) is 6.92 Å². The molecule has 3 nitrogen and oxygen atoms in total. The van der Waals surface area contributed by atoms with Crippen LogP contribution in [-0.2, 0) is 0 Å². The molecule has 1 aromatic rings. The summed E-state index contributed by atoms with van der Waals surface area (Å²) in [6, 6.07) is 2.56. The van der Waals surface area contributed by atoms with Gasteiger partial charge < -0.3 is 10.2 Å². The number of nitrogen functional groups attached to an aromatic ring is 1. The smallest absolute Gasteiger partial charge is 0.191 e. The number of aryl methyl sites for hydroxylation is 1. The maximum absolute atomic E-state index is 13.6. The molecular formula is C13H13F3N2O. The van der Waals surface area contributed by atoms with E-state index in [9.17, 15) is 13.2 Å². The second kappa shape index (κ2) is 5.36. The van der Waals surface area contributed by atoms with Gasteiger partial charge in [-0.1, -0.05) is 6.08 Å². The van der Waals surface area contributed by atoms with Crippen molar-refractivity contribution in [1.82, 2.24) is 0 Å². The number of allylic oxidation sites excluding steroid dienone is 2. The van der Waals surface area contributed by atoms with Gasteiger partial charge in [0, 0.05) is 6.07 Å². The summed E-state index contributed by atoms with van der Waals surface area (Å²) in [5.41, 5.74) is 2.86. The number of alkyl halides is 1. The summed E-state index contributed by atoms with van der Waals surface area (Å²) in [7, 11) is 0. The summed E-state index contributed by atoms with van der Waals surface area (Å²) < 4.78 is 45.5. The van der Waals surface area contributed by atoms with Gasteiger partial charge in [-0.3, -0.25) is 5.84 Å². The molecule has 0 saturated carbocycles. The summed E-state index contributed by atoms with van der Waals surface area (Å²) in [6.07, 6.45) is 0.754. The van der Waals surface area contributed by atoms with Crippen molar-refractivity contribution in [2.75, 3.05) is 5.43 Å². The summed E-state index contributed by atoms with van der Waals surface area (Å²) in [5, 5.41) is 0. The Morgan fingerprint density at radius 3 is 2.68 bits per heavy atom. The molecule has 2 rings (SSSR count). The fraction of sp³-hybridized carbons (Fsp3) is 0.231. The molecule has 3 N–H and O–H groups in total. The number of benzene rings is 1. The fourth-order valence-electron chi connectivity index (χ4n) is 1.82. The normalized spacial score (nSPS) is 22.1. The lowest BCUT2D eigenvalue weighted by molar-refractivity contribution is 0.140. The summed E-state index contributed by atoms with van der Waals surface area (Å²) in [4.78, 5) is 0. The van der Waals surface area contributed by atoms with Gasteiger partial charge in [0.25, 0.3) is 0 Å². The molecule has 2 atom stereocenters. The second-order valence-electron chi connectivity index (χ2n) is 4.16.